The van der Waals surface area contributed by atoms with Gasteiger partial charge in [-0.1, -0.05) is 5.16 Å². The Kier molecular flexibility index (Phi) is 4.79. The van der Waals surface area contributed by atoms with Crippen molar-refractivity contribution in [1.82, 2.24) is 0 Å². The Morgan fingerprint density at radius 1 is 1.50 bits per heavy atom. The number of ether oxygens (including phenoxy) is 1. The molecule has 0 radical (unpaired) electrons. The van der Waals surface area contributed by atoms with Crippen molar-refractivity contribution in [2.45, 2.75) is 6.42 Å². The van der Waals surface area contributed by atoms with E-state index in [0.29, 0.717) is 5.56 Å². The second-order valence-corrected chi connectivity index (χ2v) is 3.27. The Morgan fingerprint density at radius 3 is 2.78 bits per heavy atom. The molecule has 0 aliphatic heterocycles. The number of rotatable bonds is 5. The summed E-state index contributed by atoms with van der Waals surface area (Å²) in [7, 11) is 2.62. The summed E-state index contributed by atoms with van der Waals surface area (Å²) in [6, 6.07) is 4.02. The quantitative estimate of drug-likeness (QED) is 0.343. The average Bonchev–Trinajstić information content (AvgIpc) is 2.37. The number of benzene rings is 1. The van der Waals surface area contributed by atoms with Crippen molar-refractivity contribution in [2.75, 3.05) is 14.2 Å². The molecule has 1 aromatic rings. The van der Waals surface area contributed by atoms with Gasteiger partial charge in [-0.05, 0) is 12.1 Å². The molecule has 0 aliphatic carbocycles. The molecule has 0 saturated heterocycles. The molecule has 7 heteroatoms. The molecule has 7 nitrogen and oxygen atoms in total. The lowest BCUT2D eigenvalue weighted by Gasteiger charge is -2.03. The summed E-state index contributed by atoms with van der Waals surface area (Å²) in [5.74, 6) is -0.546. The van der Waals surface area contributed by atoms with E-state index in [2.05, 4.69) is 14.7 Å². The zero-order valence-corrected chi connectivity index (χ0v) is 9.95. The summed E-state index contributed by atoms with van der Waals surface area (Å²) in [6.07, 6.45) is 1.57. The summed E-state index contributed by atoms with van der Waals surface area (Å²) in [6.45, 7) is 0. The maximum Gasteiger partial charge on any atom is 0.337 e. The lowest BCUT2D eigenvalue weighted by Crippen LogP contribution is -2.04. The summed E-state index contributed by atoms with van der Waals surface area (Å²) in [5, 5.41) is 14.3. The van der Waals surface area contributed by atoms with E-state index in [9.17, 15) is 14.9 Å². The third-order valence-corrected chi connectivity index (χ3v) is 2.19. The van der Waals surface area contributed by atoms with Crippen LogP contribution in [0.5, 0.6) is 0 Å². The van der Waals surface area contributed by atoms with E-state index in [0.717, 1.165) is 0 Å². The standard InChI is InChI=1S/C11H12N2O5/c1-17-11(14)9-3-4-10(13(15)16)8(7-9)5-6-12-18-2/h3-4,6-7H,5H2,1-2H3. The number of methoxy groups -OCH3 is 1. The van der Waals surface area contributed by atoms with Crippen LogP contribution in [-0.4, -0.2) is 31.3 Å². The number of hydrogen-bond donors (Lipinski definition) is 0. The Hall–Kier alpha value is -2.44. The SMILES string of the molecule is CON=CCc1cc(C(=O)OC)ccc1[N+](=O)[O-]. The van der Waals surface area contributed by atoms with Crippen molar-refractivity contribution >= 4 is 17.9 Å². The molecule has 0 bridgehead atoms. The van der Waals surface area contributed by atoms with E-state index >= 15 is 0 Å². The topological polar surface area (TPSA) is 91.0 Å². The number of carbonyl (C=O) groups is 1. The second-order valence-electron chi connectivity index (χ2n) is 3.27. The Bertz CT molecular complexity index is 484. The lowest BCUT2D eigenvalue weighted by molar-refractivity contribution is -0.385. The smallest absolute Gasteiger partial charge is 0.337 e. The Labute approximate surface area is 103 Å². The van der Waals surface area contributed by atoms with Gasteiger partial charge in [-0.25, -0.2) is 4.79 Å². The number of nitro groups is 1. The molecular formula is C11H12N2O5. The van der Waals surface area contributed by atoms with E-state index in [1.165, 1.54) is 38.6 Å². The average molecular weight is 252 g/mol. The van der Waals surface area contributed by atoms with Crippen LogP contribution in [0.2, 0.25) is 0 Å². The minimum atomic E-state index is -0.546. The van der Waals surface area contributed by atoms with E-state index in [1.54, 1.807) is 0 Å². The van der Waals surface area contributed by atoms with Gasteiger partial charge in [0.2, 0.25) is 0 Å². The minimum Gasteiger partial charge on any atom is -0.465 e. The first-order chi connectivity index (χ1) is 8.60. The van der Waals surface area contributed by atoms with Crippen LogP contribution < -0.4 is 0 Å². The molecule has 0 spiro atoms. The zero-order chi connectivity index (χ0) is 13.5. The van der Waals surface area contributed by atoms with Gasteiger partial charge in [-0.3, -0.25) is 10.1 Å². The first-order valence-electron chi connectivity index (χ1n) is 5.00. The van der Waals surface area contributed by atoms with Crippen LogP contribution in [0.4, 0.5) is 5.69 Å². The predicted octanol–water partition coefficient (Wildman–Crippen LogP) is 1.56. The molecule has 1 aromatic carbocycles. The third-order valence-electron chi connectivity index (χ3n) is 2.19. The van der Waals surface area contributed by atoms with Crippen molar-refractivity contribution in [1.29, 1.82) is 0 Å². The molecule has 1 rings (SSSR count). The van der Waals surface area contributed by atoms with Crippen molar-refractivity contribution in [2.24, 2.45) is 5.16 Å². The lowest BCUT2D eigenvalue weighted by atomic mass is 10.1. The summed E-state index contributed by atoms with van der Waals surface area (Å²) < 4.78 is 4.55. The predicted molar refractivity (Wildman–Crippen MR) is 63.6 cm³/mol. The van der Waals surface area contributed by atoms with E-state index in [4.69, 9.17) is 0 Å². The second kappa shape index (κ2) is 6.33. The fourth-order valence-electron chi connectivity index (χ4n) is 1.38. The van der Waals surface area contributed by atoms with Crippen molar-refractivity contribution < 1.29 is 19.3 Å². The van der Waals surface area contributed by atoms with Gasteiger partial charge in [0.05, 0.1) is 17.6 Å². The van der Waals surface area contributed by atoms with Gasteiger partial charge in [-0.2, -0.15) is 0 Å². The molecule has 0 unspecified atom stereocenters. The first kappa shape index (κ1) is 13.6. The zero-order valence-electron chi connectivity index (χ0n) is 9.95. The van der Waals surface area contributed by atoms with Crippen LogP contribution in [0, 0.1) is 10.1 Å². The molecule has 96 valence electrons. The fraction of sp³-hybridized carbons (Fsp3) is 0.273. The maximum atomic E-state index is 11.3. The number of oxime groups is 1. The van der Waals surface area contributed by atoms with Crippen molar-refractivity contribution in [3.63, 3.8) is 0 Å². The number of nitrogens with zero attached hydrogens (tertiary/aromatic N) is 2. The van der Waals surface area contributed by atoms with Gasteiger partial charge in [0, 0.05) is 24.3 Å². The minimum absolute atomic E-state index is 0.0785. The molecule has 0 N–H and O–H groups in total. The van der Waals surface area contributed by atoms with Gasteiger partial charge in [-0.15, -0.1) is 0 Å². The highest BCUT2D eigenvalue weighted by Gasteiger charge is 2.16. The van der Waals surface area contributed by atoms with Crippen LogP contribution >= 0.6 is 0 Å². The highest BCUT2D eigenvalue weighted by molar-refractivity contribution is 5.90. The van der Waals surface area contributed by atoms with E-state index < -0.39 is 10.9 Å². The number of esters is 1. The molecular weight excluding hydrogens is 240 g/mol. The number of nitro benzene ring substituents is 1. The number of hydrogen-bond acceptors (Lipinski definition) is 6. The van der Waals surface area contributed by atoms with Crippen LogP contribution in [0.25, 0.3) is 0 Å². The molecule has 18 heavy (non-hydrogen) atoms. The highest BCUT2D eigenvalue weighted by atomic mass is 16.6. The maximum absolute atomic E-state index is 11.3. The normalized spacial score (nSPS) is 10.3. The molecule has 0 saturated carbocycles. The highest BCUT2D eigenvalue weighted by Crippen LogP contribution is 2.20. The summed E-state index contributed by atoms with van der Waals surface area (Å²) in [4.78, 5) is 26.1. The van der Waals surface area contributed by atoms with Crippen LogP contribution in [0.1, 0.15) is 15.9 Å². The third kappa shape index (κ3) is 3.27. The van der Waals surface area contributed by atoms with Crippen molar-refractivity contribution in [3.8, 4) is 0 Å². The van der Waals surface area contributed by atoms with Gasteiger partial charge < -0.3 is 9.57 Å². The molecule has 0 amide bonds. The Morgan fingerprint density at radius 2 is 2.22 bits per heavy atom. The van der Waals surface area contributed by atoms with Gasteiger partial charge in [0.1, 0.15) is 7.11 Å². The van der Waals surface area contributed by atoms with E-state index in [1.807, 2.05) is 0 Å². The summed E-state index contributed by atoms with van der Waals surface area (Å²) in [5.41, 5.74) is 0.540. The van der Waals surface area contributed by atoms with Gasteiger partial charge in [0.15, 0.2) is 0 Å². The molecule has 0 aromatic heterocycles. The molecule has 0 heterocycles. The van der Waals surface area contributed by atoms with Crippen LogP contribution in [0.3, 0.4) is 0 Å². The van der Waals surface area contributed by atoms with Crippen LogP contribution in [0.15, 0.2) is 23.4 Å². The molecule has 0 fully saturated rings. The largest absolute Gasteiger partial charge is 0.465 e. The molecule has 0 aliphatic rings. The first-order valence-corrected chi connectivity index (χ1v) is 5.00. The summed E-state index contributed by atoms with van der Waals surface area (Å²) >= 11 is 0. The molecule has 0 atom stereocenters. The number of carbonyl (C=O) groups excluding carboxylic acids is 1. The van der Waals surface area contributed by atoms with Crippen LogP contribution in [-0.2, 0) is 16.0 Å². The monoisotopic (exact) mass is 252 g/mol. The Balaban J connectivity index is 3.11. The fourth-order valence-corrected chi connectivity index (χ4v) is 1.38. The van der Waals surface area contributed by atoms with Gasteiger partial charge >= 0.3 is 5.97 Å². The van der Waals surface area contributed by atoms with Gasteiger partial charge in [0.25, 0.3) is 5.69 Å². The van der Waals surface area contributed by atoms with E-state index in [-0.39, 0.29) is 17.7 Å². The van der Waals surface area contributed by atoms with Crippen molar-refractivity contribution in [3.05, 3.63) is 39.4 Å².